The highest BCUT2D eigenvalue weighted by atomic mass is 16.1. The highest BCUT2D eigenvalue weighted by Gasteiger charge is 2.56. The van der Waals surface area contributed by atoms with Gasteiger partial charge in [0.2, 0.25) is 0 Å². The number of carbonyl (C=O) groups is 1. The molecule has 0 aliphatic heterocycles. The lowest BCUT2D eigenvalue weighted by Crippen LogP contribution is -2.53. The van der Waals surface area contributed by atoms with Crippen molar-refractivity contribution in [3.8, 4) is 17.5 Å². The maximum absolute atomic E-state index is 13.0. The van der Waals surface area contributed by atoms with Crippen molar-refractivity contribution in [1.29, 1.82) is 5.26 Å². The number of hydrogen-bond donors (Lipinski definition) is 0. The van der Waals surface area contributed by atoms with Crippen LogP contribution in [0.15, 0.2) is 42.9 Å². The number of hydrogen-bond acceptors (Lipinski definition) is 5. The average Bonchev–Trinajstić information content (AvgIpc) is 3.21. The molecule has 2 heterocycles. The molecule has 6 heteroatoms. The van der Waals surface area contributed by atoms with E-state index in [1.807, 2.05) is 49.9 Å². The third kappa shape index (κ3) is 2.76. The van der Waals surface area contributed by atoms with Gasteiger partial charge in [-0.1, -0.05) is 37.3 Å². The molecule has 5 rings (SSSR count). The zero-order valence-electron chi connectivity index (χ0n) is 18.0. The van der Waals surface area contributed by atoms with Crippen LogP contribution >= 0.6 is 0 Å². The van der Waals surface area contributed by atoms with E-state index in [1.54, 1.807) is 6.33 Å². The van der Waals surface area contributed by atoms with Crippen LogP contribution < -0.4 is 0 Å². The van der Waals surface area contributed by atoms with Gasteiger partial charge >= 0.3 is 0 Å². The van der Waals surface area contributed by atoms with E-state index in [4.69, 9.17) is 9.97 Å². The number of aryl methyl sites for hydroxylation is 2. The van der Waals surface area contributed by atoms with Gasteiger partial charge in [-0.3, -0.25) is 4.79 Å². The van der Waals surface area contributed by atoms with Crippen molar-refractivity contribution in [2.45, 2.75) is 38.5 Å². The van der Waals surface area contributed by atoms with E-state index >= 15 is 0 Å². The second kappa shape index (κ2) is 7.12. The molecule has 6 nitrogen and oxygen atoms in total. The van der Waals surface area contributed by atoms with Gasteiger partial charge in [-0.05, 0) is 37.7 Å². The summed E-state index contributed by atoms with van der Waals surface area (Å²) in [4.78, 5) is 27.1. The first-order valence-corrected chi connectivity index (χ1v) is 10.8. The molecule has 2 aliphatic carbocycles. The Kier molecular flexibility index (Phi) is 4.51. The third-order valence-electron chi connectivity index (χ3n) is 7.31. The van der Waals surface area contributed by atoms with Gasteiger partial charge in [0.1, 0.15) is 11.7 Å². The van der Waals surface area contributed by atoms with Gasteiger partial charge < -0.3 is 4.57 Å². The normalized spacial score (nSPS) is 27.3. The Balaban J connectivity index is 1.84. The van der Waals surface area contributed by atoms with Gasteiger partial charge in [-0.15, -0.1) is 0 Å². The number of nitrogens with zero attached hydrogens (tertiary/aromatic N) is 5. The number of carbonyl (C=O) groups excluding carboxylic acids is 1. The van der Waals surface area contributed by atoms with Gasteiger partial charge in [0.05, 0.1) is 35.7 Å². The average molecular weight is 412 g/mol. The van der Waals surface area contributed by atoms with Crippen molar-refractivity contribution in [3.05, 3.63) is 65.5 Å². The quantitative estimate of drug-likeness (QED) is 0.641. The number of ketones is 1. The smallest absolute Gasteiger partial charge is 0.153 e. The molecule has 0 radical (unpaired) electrons. The monoisotopic (exact) mass is 411 g/mol. The van der Waals surface area contributed by atoms with Crippen LogP contribution in [0.1, 0.15) is 42.4 Å². The molecule has 31 heavy (non-hydrogen) atoms. The number of Topliss-reactive ketones (excluding diaryl/α,β-unsaturated/α-hetero) is 1. The predicted molar refractivity (Wildman–Crippen MR) is 116 cm³/mol. The molecule has 3 aromatic rings. The summed E-state index contributed by atoms with van der Waals surface area (Å²) in [6, 6.07) is 12.6. The largest absolute Gasteiger partial charge is 0.332 e. The molecule has 2 aliphatic rings. The first-order valence-electron chi connectivity index (χ1n) is 10.8. The lowest BCUT2D eigenvalue weighted by atomic mass is 9.51. The zero-order valence-corrected chi connectivity index (χ0v) is 18.0. The van der Waals surface area contributed by atoms with Crippen LogP contribution in [0.3, 0.4) is 0 Å². The highest BCUT2D eigenvalue weighted by Crippen LogP contribution is 2.56. The van der Waals surface area contributed by atoms with Gasteiger partial charge in [0.15, 0.2) is 5.78 Å². The molecule has 156 valence electrons. The number of imidazole rings is 1. The van der Waals surface area contributed by atoms with Crippen LogP contribution in [-0.2, 0) is 23.7 Å². The molecule has 4 atom stereocenters. The molecule has 1 unspecified atom stereocenters. The Morgan fingerprint density at radius 2 is 2.00 bits per heavy atom. The zero-order chi connectivity index (χ0) is 21.8. The van der Waals surface area contributed by atoms with Gasteiger partial charge in [-0.25, -0.2) is 15.0 Å². The van der Waals surface area contributed by atoms with Gasteiger partial charge in [0, 0.05) is 23.9 Å². The van der Waals surface area contributed by atoms with E-state index < -0.39 is 11.3 Å². The number of aromatic nitrogens is 4. The highest BCUT2D eigenvalue weighted by molar-refractivity contribution is 5.87. The van der Waals surface area contributed by atoms with Crippen LogP contribution in [0.25, 0.3) is 11.4 Å². The molecule has 1 saturated carbocycles. The maximum Gasteiger partial charge on any atom is 0.153 e. The molecule has 0 amide bonds. The molecular formula is C25H25N5O. The molecule has 0 saturated heterocycles. The van der Waals surface area contributed by atoms with E-state index in [1.165, 1.54) is 0 Å². The summed E-state index contributed by atoms with van der Waals surface area (Å²) in [7, 11) is 1.97. The van der Waals surface area contributed by atoms with Crippen LogP contribution in [0.2, 0.25) is 0 Å². The lowest BCUT2D eigenvalue weighted by Gasteiger charge is -2.51. The third-order valence-corrected chi connectivity index (χ3v) is 7.31. The first-order chi connectivity index (χ1) is 15.0. The summed E-state index contributed by atoms with van der Waals surface area (Å²) < 4.78 is 1.98. The summed E-state index contributed by atoms with van der Waals surface area (Å²) >= 11 is 0. The molecule has 1 fully saturated rings. The fourth-order valence-electron chi connectivity index (χ4n) is 5.90. The van der Waals surface area contributed by atoms with Gasteiger partial charge in [-0.2, -0.15) is 5.26 Å². The molecule has 2 aromatic heterocycles. The van der Waals surface area contributed by atoms with Crippen molar-refractivity contribution in [2.75, 3.05) is 0 Å². The van der Waals surface area contributed by atoms with E-state index in [2.05, 4.69) is 23.2 Å². The predicted octanol–water partition coefficient (Wildman–Crippen LogP) is 3.78. The second-order valence-electron chi connectivity index (χ2n) is 8.90. The molecule has 1 aromatic carbocycles. The van der Waals surface area contributed by atoms with Crippen molar-refractivity contribution >= 4 is 5.78 Å². The summed E-state index contributed by atoms with van der Waals surface area (Å²) in [5.41, 5.74) is 4.62. The summed E-state index contributed by atoms with van der Waals surface area (Å²) in [6.45, 7) is 3.91. The molecule has 0 bridgehead atoms. The number of fused-ring (bicyclic) bond motifs is 3. The summed E-state index contributed by atoms with van der Waals surface area (Å²) in [6.07, 6.45) is 5.77. The van der Waals surface area contributed by atoms with E-state index in [-0.39, 0.29) is 17.6 Å². The molecular weight excluding hydrogens is 386 g/mol. The van der Waals surface area contributed by atoms with E-state index in [0.29, 0.717) is 12.2 Å². The maximum atomic E-state index is 13.0. The number of nitriles is 1. The van der Waals surface area contributed by atoms with Crippen LogP contribution in [0.5, 0.6) is 0 Å². The standard InChI is InChI=1S/C25H25N5O/c1-15-20-10-9-19-22(21-13-27-14-30(21)3)28-16(2)29-24(19)25(20,11-17(12-26)23(15)31)18-7-5-4-6-8-18/h4-8,13-15,17,20H,9-11H2,1-3H3/t15-,17?,20-,25+/m0/s1. The Morgan fingerprint density at radius 3 is 2.68 bits per heavy atom. The van der Waals surface area contributed by atoms with Crippen LogP contribution in [0.4, 0.5) is 0 Å². The number of rotatable bonds is 2. The Morgan fingerprint density at radius 1 is 1.23 bits per heavy atom. The van der Waals surface area contributed by atoms with Crippen LogP contribution in [-0.4, -0.2) is 25.3 Å². The van der Waals surface area contributed by atoms with E-state index in [0.717, 1.165) is 41.1 Å². The topological polar surface area (TPSA) is 84.5 Å². The fraction of sp³-hybridized carbons (Fsp3) is 0.400. The second-order valence-corrected chi connectivity index (χ2v) is 8.90. The fourth-order valence-corrected chi connectivity index (χ4v) is 5.90. The summed E-state index contributed by atoms with van der Waals surface area (Å²) in [5.74, 6) is 0.0484. The van der Waals surface area contributed by atoms with Crippen molar-refractivity contribution in [1.82, 2.24) is 19.5 Å². The molecule has 0 N–H and O–H groups in total. The molecule has 0 spiro atoms. The Bertz CT molecular complexity index is 1210. The minimum absolute atomic E-state index is 0.0696. The van der Waals surface area contributed by atoms with Gasteiger partial charge in [0.25, 0.3) is 0 Å². The van der Waals surface area contributed by atoms with Crippen molar-refractivity contribution < 1.29 is 4.79 Å². The Hall–Kier alpha value is -3.33. The van der Waals surface area contributed by atoms with E-state index in [9.17, 15) is 10.1 Å². The minimum atomic E-state index is -0.632. The van der Waals surface area contributed by atoms with Crippen molar-refractivity contribution in [2.24, 2.45) is 24.8 Å². The lowest BCUT2D eigenvalue weighted by molar-refractivity contribution is -0.131. The summed E-state index contributed by atoms with van der Waals surface area (Å²) in [5, 5.41) is 9.86. The van der Waals surface area contributed by atoms with Crippen molar-refractivity contribution in [3.63, 3.8) is 0 Å². The Labute approximate surface area is 182 Å². The van der Waals surface area contributed by atoms with Crippen LogP contribution in [0, 0.1) is 36.0 Å². The minimum Gasteiger partial charge on any atom is -0.332 e. The number of benzene rings is 1. The first kappa shape index (κ1) is 19.6. The SMILES string of the molecule is Cc1nc(-c2cncn2C)c2c(n1)[C@@]1(c3ccccc3)CC(C#N)C(=O)[C@@H](C)[C@@H]1CC2.